The Bertz CT molecular complexity index is 295. The molecule has 18 heavy (non-hydrogen) atoms. The van der Waals surface area contributed by atoms with Crippen molar-refractivity contribution in [1.29, 1.82) is 0 Å². The molecular formula is C15H28N2O. The first kappa shape index (κ1) is 13.9. The summed E-state index contributed by atoms with van der Waals surface area (Å²) in [6.07, 6.45) is 7.10. The maximum atomic E-state index is 12.4. The van der Waals surface area contributed by atoms with Crippen LogP contribution < -0.4 is 10.6 Å². The van der Waals surface area contributed by atoms with E-state index in [0.717, 1.165) is 25.8 Å². The molecule has 2 fully saturated rings. The van der Waals surface area contributed by atoms with E-state index in [9.17, 15) is 4.79 Å². The first-order chi connectivity index (χ1) is 8.53. The molecule has 0 aromatic rings. The first-order valence-electron chi connectivity index (χ1n) is 7.59. The van der Waals surface area contributed by atoms with E-state index >= 15 is 0 Å². The summed E-state index contributed by atoms with van der Waals surface area (Å²) in [6.45, 7) is 7.58. The van der Waals surface area contributed by atoms with Gasteiger partial charge in [-0.15, -0.1) is 0 Å². The summed E-state index contributed by atoms with van der Waals surface area (Å²) in [5.41, 5.74) is -0.320. The number of hydrogen-bond acceptors (Lipinski definition) is 2. The molecule has 0 aromatic carbocycles. The third kappa shape index (κ3) is 2.87. The highest BCUT2D eigenvalue weighted by atomic mass is 16.2. The molecule has 1 saturated carbocycles. The maximum absolute atomic E-state index is 12.4. The third-order valence-corrected chi connectivity index (χ3v) is 4.86. The van der Waals surface area contributed by atoms with Gasteiger partial charge in [-0.1, -0.05) is 26.7 Å². The Morgan fingerprint density at radius 2 is 2.00 bits per heavy atom. The Labute approximate surface area is 111 Å². The van der Waals surface area contributed by atoms with Crippen LogP contribution in [0.25, 0.3) is 0 Å². The molecule has 0 spiro atoms. The summed E-state index contributed by atoms with van der Waals surface area (Å²) in [6, 6.07) is 0.394. The fourth-order valence-electron chi connectivity index (χ4n) is 3.55. The summed E-state index contributed by atoms with van der Waals surface area (Å²) in [4.78, 5) is 12.4. The molecule has 1 saturated heterocycles. The van der Waals surface area contributed by atoms with E-state index in [1.165, 1.54) is 19.3 Å². The van der Waals surface area contributed by atoms with Crippen LogP contribution in [0.1, 0.15) is 59.3 Å². The van der Waals surface area contributed by atoms with Gasteiger partial charge in [0.15, 0.2) is 0 Å². The molecule has 2 aliphatic rings. The molecule has 1 amide bonds. The minimum atomic E-state index is -0.320. The van der Waals surface area contributed by atoms with Crippen LogP contribution in [-0.4, -0.2) is 24.0 Å². The first-order valence-corrected chi connectivity index (χ1v) is 7.59. The zero-order valence-corrected chi connectivity index (χ0v) is 12.1. The highest BCUT2D eigenvalue weighted by Gasteiger charge is 2.38. The minimum absolute atomic E-state index is 0.220. The second kappa shape index (κ2) is 5.60. The molecular weight excluding hydrogens is 224 g/mol. The summed E-state index contributed by atoms with van der Waals surface area (Å²) in [5, 5.41) is 6.69. The van der Waals surface area contributed by atoms with E-state index in [1.54, 1.807) is 0 Å². The Morgan fingerprint density at radius 3 is 2.61 bits per heavy atom. The van der Waals surface area contributed by atoms with E-state index in [2.05, 4.69) is 24.5 Å². The molecule has 3 unspecified atom stereocenters. The van der Waals surface area contributed by atoms with E-state index in [0.29, 0.717) is 17.9 Å². The summed E-state index contributed by atoms with van der Waals surface area (Å²) in [7, 11) is 0. The Kier molecular flexibility index (Phi) is 4.31. The van der Waals surface area contributed by atoms with Gasteiger partial charge in [-0.3, -0.25) is 4.79 Å². The van der Waals surface area contributed by atoms with Gasteiger partial charge in [0.25, 0.3) is 0 Å². The van der Waals surface area contributed by atoms with Crippen molar-refractivity contribution < 1.29 is 4.79 Å². The van der Waals surface area contributed by atoms with Gasteiger partial charge in [-0.2, -0.15) is 0 Å². The van der Waals surface area contributed by atoms with Crippen molar-refractivity contribution in [2.75, 3.05) is 6.54 Å². The summed E-state index contributed by atoms with van der Waals surface area (Å²) < 4.78 is 0. The number of rotatable bonds is 3. The Balaban J connectivity index is 1.96. The lowest BCUT2D eigenvalue weighted by molar-refractivity contribution is -0.128. The predicted octanol–water partition coefficient (Wildman–Crippen LogP) is 2.46. The van der Waals surface area contributed by atoms with E-state index < -0.39 is 0 Å². The van der Waals surface area contributed by atoms with Crippen LogP contribution in [0.4, 0.5) is 0 Å². The fraction of sp³-hybridized carbons (Fsp3) is 0.933. The molecule has 1 aliphatic heterocycles. The molecule has 104 valence electrons. The van der Waals surface area contributed by atoms with Crippen molar-refractivity contribution >= 4 is 5.91 Å². The Hall–Kier alpha value is -0.570. The third-order valence-electron chi connectivity index (χ3n) is 4.86. The van der Waals surface area contributed by atoms with Crippen molar-refractivity contribution in [2.45, 2.75) is 70.9 Å². The average Bonchev–Trinajstić information content (AvgIpc) is 2.78. The maximum Gasteiger partial charge on any atom is 0.240 e. The standard InChI is InChI=1S/C15H28N2O/c1-11(2)12-7-4-5-8-13(12)17-14(18)15(3)9-6-10-16-15/h11-13,16H,4-10H2,1-3H3,(H,17,18). The average molecular weight is 252 g/mol. The number of carbonyl (C=O) groups is 1. The van der Waals surface area contributed by atoms with E-state index in [4.69, 9.17) is 0 Å². The molecule has 2 N–H and O–H groups in total. The van der Waals surface area contributed by atoms with E-state index in [-0.39, 0.29) is 11.4 Å². The predicted molar refractivity (Wildman–Crippen MR) is 74.4 cm³/mol. The second-order valence-electron chi connectivity index (χ2n) is 6.63. The van der Waals surface area contributed by atoms with Crippen LogP contribution in [0.15, 0.2) is 0 Å². The molecule has 3 heteroatoms. The molecule has 0 radical (unpaired) electrons. The van der Waals surface area contributed by atoms with Crippen LogP contribution >= 0.6 is 0 Å². The minimum Gasteiger partial charge on any atom is -0.351 e. The lowest BCUT2D eigenvalue weighted by Crippen LogP contribution is -2.56. The van der Waals surface area contributed by atoms with Gasteiger partial charge in [0.1, 0.15) is 0 Å². The van der Waals surface area contributed by atoms with Crippen LogP contribution in [0, 0.1) is 11.8 Å². The van der Waals surface area contributed by atoms with Crippen LogP contribution in [0.3, 0.4) is 0 Å². The summed E-state index contributed by atoms with van der Waals surface area (Å²) >= 11 is 0. The highest BCUT2D eigenvalue weighted by molar-refractivity contribution is 5.86. The topological polar surface area (TPSA) is 41.1 Å². The number of hydrogen-bond donors (Lipinski definition) is 2. The van der Waals surface area contributed by atoms with Gasteiger partial charge < -0.3 is 10.6 Å². The van der Waals surface area contributed by atoms with Crippen molar-refractivity contribution in [3.8, 4) is 0 Å². The molecule has 1 aliphatic carbocycles. The van der Waals surface area contributed by atoms with Gasteiger partial charge in [0.05, 0.1) is 5.54 Å². The largest absolute Gasteiger partial charge is 0.351 e. The van der Waals surface area contributed by atoms with Gasteiger partial charge >= 0.3 is 0 Å². The zero-order chi connectivity index (χ0) is 13.2. The molecule has 3 atom stereocenters. The van der Waals surface area contributed by atoms with Crippen LogP contribution in [0.2, 0.25) is 0 Å². The molecule has 0 aromatic heterocycles. The molecule has 0 bridgehead atoms. The summed E-state index contributed by atoms with van der Waals surface area (Å²) in [5.74, 6) is 1.55. The van der Waals surface area contributed by atoms with Crippen molar-refractivity contribution in [3.63, 3.8) is 0 Å². The SMILES string of the molecule is CC(C)C1CCCCC1NC(=O)C1(C)CCCN1. The monoisotopic (exact) mass is 252 g/mol. The van der Waals surface area contributed by atoms with Crippen molar-refractivity contribution in [1.82, 2.24) is 10.6 Å². The smallest absolute Gasteiger partial charge is 0.240 e. The van der Waals surface area contributed by atoms with Crippen LogP contribution in [-0.2, 0) is 4.79 Å². The lowest BCUT2D eigenvalue weighted by atomic mass is 9.77. The molecule has 1 heterocycles. The number of nitrogens with one attached hydrogen (secondary N) is 2. The van der Waals surface area contributed by atoms with Crippen LogP contribution in [0.5, 0.6) is 0 Å². The molecule has 3 nitrogen and oxygen atoms in total. The Morgan fingerprint density at radius 1 is 1.28 bits per heavy atom. The van der Waals surface area contributed by atoms with Crippen molar-refractivity contribution in [3.05, 3.63) is 0 Å². The van der Waals surface area contributed by atoms with Gasteiger partial charge in [0, 0.05) is 6.04 Å². The normalized spacial score (nSPS) is 36.9. The van der Waals surface area contributed by atoms with Crippen molar-refractivity contribution in [2.24, 2.45) is 11.8 Å². The second-order valence-corrected chi connectivity index (χ2v) is 6.63. The van der Waals surface area contributed by atoms with E-state index in [1.807, 2.05) is 6.92 Å². The molecule has 2 rings (SSSR count). The highest BCUT2D eigenvalue weighted by Crippen LogP contribution is 2.31. The number of amides is 1. The zero-order valence-electron chi connectivity index (χ0n) is 12.1. The number of carbonyl (C=O) groups excluding carboxylic acids is 1. The fourth-order valence-corrected chi connectivity index (χ4v) is 3.55. The van der Waals surface area contributed by atoms with Gasteiger partial charge in [0.2, 0.25) is 5.91 Å². The van der Waals surface area contributed by atoms with Gasteiger partial charge in [-0.25, -0.2) is 0 Å². The van der Waals surface area contributed by atoms with Gasteiger partial charge in [-0.05, 0) is 51.0 Å². The quantitative estimate of drug-likeness (QED) is 0.810. The lowest BCUT2D eigenvalue weighted by Gasteiger charge is -2.37.